The summed E-state index contributed by atoms with van der Waals surface area (Å²) in [6.07, 6.45) is 0.578. The second kappa shape index (κ2) is 8.42. The molecule has 0 saturated heterocycles. The van der Waals surface area contributed by atoms with Crippen LogP contribution in [-0.2, 0) is 16.0 Å². The summed E-state index contributed by atoms with van der Waals surface area (Å²) in [5.74, 6) is 0.752. The minimum Gasteiger partial charge on any atom is -0.493 e. The number of nitrogens with zero attached hydrogens (tertiary/aromatic N) is 1. The molecule has 0 unspecified atom stereocenters. The van der Waals surface area contributed by atoms with E-state index in [9.17, 15) is 9.59 Å². The molecule has 1 aliphatic rings. The van der Waals surface area contributed by atoms with Gasteiger partial charge in [-0.05, 0) is 24.1 Å². The molecule has 1 heterocycles. The number of aliphatic imine (C=N–C) groups is 1. The van der Waals surface area contributed by atoms with E-state index in [0.717, 1.165) is 11.3 Å². The third kappa shape index (κ3) is 4.88. The average Bonchev–Trinajstić information content (AvgIpc) is 3.07. The lowest BCUT2D eigenvalue weighted by Gasteiger charge is -2.10. The van der Waals surface area contributed by atoms with E-state index >= 15 is 0 Å². The predicted octanol–water partition coefficient (Wildman–Crippen LogP) is 0.582. The minimum atomic E-state index is -0.689. The quantitative estimate of drug-likeness (QED) is 0.768. The van der Waals surface area contributed by atoms with Gasteiger partial charge in [0, 0.05) is 12.3 Å². The lowest BCUT2D eigenvalue weighted by Crippen LogP contribution is -2.42. The zero-order chi connectivity index (χ0) is 16.7. The standard InChI is InChI=1S/C15H19N3O4S/c1-21-11-4-3-10(9-12(11)22-2)5-6-16-13(19)14(20)18-15-17-7-8-23-15/h3-4,9H,5-8H2,1-2H3,(H,16,19)(H,17,18,20). The van der Waals surface area contributed by atoms with Crippen molar-refractivity contribution in [3.63, 3.8) is 0 Å². The van der Waals surface area contributed by atoms with Gasteiger partial charge < -0.3 is 14.8 Å². The smallest absolute Gasteiger partial charge is 0.315 e. The van der Waals surface area contributed by atoms with Crippen molar-refractivity contribution < 1.29 is 19.1 Å². The summed E-state index contributed by atoms with van der Waals surface area (Å²) in [5, 5.41) is 5.57. The van der Waals surface area contributed by atoms with Gasteiger partial charge in [0.25, 0.3) is 0 Å². The van der Waals surface area contributed by atoms with Crippen molar-refractivity contribution in [1.29, 1.82) is 0 Å². The summed E-state index contributed by atoms with van der Waals surface area (Å²) in [4.78, 5) is 27.4. The Morgan fingerprint density at radius 1 is 1.22 bits per heavy atom. The first-order valence-corrected chi connectivity index (χ1v) is 8.10. The number of amidine groups is 1. The molecule has 0 aliphatic carbocycles. The van der Waals surface area contributed by atoms with Gasteiger partial charge in [-0.25, -0.2) is 0 Å². The number of methoxy groups -OCH3 is 2. The molecule has 0 atom stereocenters. The molecule has 0 bridgehead atoms. The van der Waals surface area contributed by atoms with E-state index in [1.54, 1.807) is 20.3 Å². The number of ether oxygens (including phenoxy) is 2. The fraction of sp³-hybridized carbons (Fsp3) is 0.400. The molecule has 2 rings (SSSR count). The van der Waals surface area contributed by atoms with Crippen molar-refractivity contribution in [3.8, 4) is 11.5 Å². The largest absolute Gasteiger partial charge is 0.493 e. The van der Waals surface area contributed by atoms with Crippen LogP contribution in [0.3, 0.4) is 0 Å². The van der Waals surface area contributed by atoms with E-state index in [1.165, 1.54) is 11.8 Å². The Hall–Kier alpha value is -2.22. The Morgan fingerprint density at radius 2 is 2.00 bits per heavy atom. The lowest BCUT2D eigenvalue weighted by atomic mass is 10.1. The van der Waals surface area contributed by atoms with Crippen molar-refractivity contribution >= 4 is 28.7 Å². The van der Waals surface area contributed by atoms with E-state index in [0.29, 0.717) is 36.2 Å². The Balaban J connectivity index is 1.79. The van der Waals surface area contributed by atoms with Crippen LogP contribution in [0.25, 0.3) is 0 Å². The molecule has 23 heavy (non-hydrogen) atoms. The van der Waals surface area contributed by atoms with Gasteiger partial charge in [-0.1, -0.05) is 17.8 Å². The van der Waals surface area contributed by atoms with Crippen molar-refractivity contribution in [2.24, 2.45) is 4.99 Å². The zero-order valence-corrected chi connectivity index (χ0v) is 13.9. The van der Waals surface area contributed by atoms with Crippen molar-refractivity contribution in [2.45, 2.75) is 6.42 Å². The van der Waals surface area contributed by atoms with Gasteiger partial charge in [0.15, 0.2) is 16.7 Å². The molecule has 0 aromatic heterocycles. The highest BCUT2D eigenvalue weighted by Gasteiger charge is 2.17. The highest BCUT2D eigenvalue weighted by Crippen LogP contribution is 2.27. The van der Waals surface area contributed by atoms with E-state index in [-0.39, 0.29) is 0 Å². The van der Waals surface area contributed by atoms with Gasteiger partial charge in [-0.15, -0.1) is 0 Å². The van der Waals surface area contributed by atoms with Gasteiger partial charge in [0.2, 0.25) is 0 Å². The van der Waals surface area contributed by atoms with Crippen molar-refractivity contribution in [3.05, 3.63) is 23.8 Å². The highest BCUT2D eigenvalue weighted by molar-refractivity contribution is 8.14. The molecule has 0 spiro atoms. The first-order chi connectivity index (χ1) is 11.1. The Labute approximate surface area is 138 Å². The number of hydrogen-bond donors (Lipinski definition) is 2. The molecule has 8 heteroatoms. The summed E-state index contributed by atoms with van der Waals surface area (Å²) in [5.41, 5.74) is 0.971. The molecule has 7 nitrogen and oxygen atoms in total. The normalized spacial score (nSPS) is 13.2. The van der Waals surface area contributed by atoms with Crippen LogP contribution in [0.1, 0.15) is 5.56 Å². The van der Waals surface area contributed by atoms with E-state index in [1.807, 2.05) is 12.1 Å². The Kier molecular flexibility index (Phi) is 6.28. The third-order valence-corrected chi connectivity index (χ3v) is 4.05. The third-order valence-electron chi connectivity index (χ3n) is 3.16. The maximum absolute atomic E-state index is 11.7. The van der Waals surface area contributed by atoms with Crippen LogP contribution in [0.2, 0.25) is 0 Å². The Morgan fingerprint density at radius 3 is 2.65 bits per heavy atom. The number of thioether (sulfide) groups is 1. The Bertz CT molecular complexity index is 619. The molecule has 0 saturated carbocycles. The van der Waals surface area contributed by atoms with Gasteiger partial charge in [0.1, 0.15) is 0 Å². The summed E-state index contributed by atoms with van der Waals surface area (Å²) in [7, 11) is 3.14. The molecule has 1 aromatic rings. The van der Waals surface area contributed by atoms with Crippen LogP contribution < -0.4 is 20.1 Å². The number of carbonyl (C=O) groups is 2. The minimum absolute atomic E-state index is 0.349. The number of amides is 2. The average molecular weight is 337 g/mol. The first kappa shape index (κ1) is 17.1. The van der Waals surface area contributed by atoms with Gasteiger partial charge in [0.05, 0.1) is 20.8 Å². The summed E-state index contributed by atoms with van der Waals surface area (Å²) < 4.78 is 10.4. The summed E-state index contributed by atoms with van der Waals surface area (Å²) in [6, 6.07) is 5.53. The monoisotopic (exact) mass is 337 g/mol. The van der Waals surface area contributed by atoms with Gasteiger partial charge >= 0.3 is 11.8 Å². The second-order valence-electron chi connectivity index (χ2n) is 4.68. The molecule has 124 valence electrons. The van der Waals surface area contributed by atoms with Crippen LogP contribution in [0.5, 0.6) is 11.5 Å². The van der Waals surface area contributed by atoms with Crippen molar-refractivity contribution in [1.82, 2.24) is 10.6 Å². The van der Waals surface area contributed by atoms with Crippen molar-refractivity contribution in [2.75, 3.05) is 33.1 Å². The molecular weight excluding hydrogens is 318 g/mol. The number of rotatable bonds is 5. The lowest BCUT2D eigenvalue weighted by molar-refractivity contribution is -0.138. The zero-order valence-electron chi connectivity index (χ0n) is 13.0. The molecule has 0 radical (unpaired) electrons. The SMILES string of the molecule is COc1ccc(CCNC(=O)C(=O)NC2=NCCS2)cc1OC. The number of benzene rings is 1. The maximum Gasteiger partial charge on any atom is 0.315 e. The molecular formula is C15H19N3O4S. The van der Waals surface area contributed by atoms with Gasteiger partial charge in [-0.3, -0.25) is 19.9 Å². The topological polar surface area (TPSA) is 89.0 Å². The van der Waals surface area contributed by atoms with E-state index in [4.69, 9.17) is 9.47 Å². The summed E-state index contributed by atoms with van der Waals surface area (Å²) in [6.45, 7) is 1.02. The maximum atomic E-state index is 11.7. The van der Waals surface area contributed by atoms with Crippen LogP contribution >= 0.6 is 11.8 Å². The fourth-order valence-electron chi connectivity index (χ4n) is 2.00. The molecule has 2 amide bonds. The molecule has 2 N–H and O–H groups in total. The molecule has 1 aliphatic heterocycles. The van der Waals surface area contributed by atoms with E-state index < -0.39 is 11.8 Å². The molecule has 1 aromatic carbocycles. The van der Waals surface area contributed by atoms with Crippen LogP contribution in [0, 0.1) is 0 Å². The van der Waals surface area contributed by atoms with Crippen LogP contribution in [0.4, 0.5) is 0 Å². The fourth-order valence-corrected chi connectivity index (χ4v) is 2.72. The van der Waals surface area contributed by atoms with E-state index in [2.05, 4.69) is 15.6 Å². The second-order valence-corrected chi connectivity index (χ2v) is 5.77. The van der Waals surface area contributed by atoms with Crippen LogP contribution in [-0.4, -0.2) is 50.0 Å². The number of carbonyl (C=O) groups excluding carboxylic acids is 2. The van der Waals surface area contributed by atoms with Gasteiger partial charge in [-0.2, -0.15) is 0 Å². The molecule has 0 fully saturated rings. The first-order valence-electron chi connectivity index (χ1n) is 7.11. The highest BCUT2D eigenvalue weighted by atomic mass is 32.2. The summed E-state index contributed by atoms with van der Waals surface area (Å²) >= 11 is 1.43. The van der Waals surface area contributed by atoms with Crippen LogP contribution in [0.15, 0.2) is 23.2 Å². The number of nitrogens with one attached hydrogen (secondary N) is 2. The predicted molar refractivity (Wildman–Crippen MR) is 89.2 cm³/mol. The number of hydrogen-bond acceptors (Lipinski definition) is 6.